The molecule has 0 saturated carbocycles. The third-order valence-corrected chi connectivity index (χ3v) is 2.06. The van der Waals surface area contributed by atoms with Gasteiger partial charge in [0.2, 0.25) is 0 Å². The number of rotatable bonds is 3. The summed E-state index contributed by atoms with van der Waals surface area (Å²) in [5.41, 5.74) is 0.0262. The zero-order valence-corrected chi connectivity index (χ0v) is 7.67. The highest BCUT2D eigenvalue weighted by Gasteiger charge is 2.37. The van der Waals surface area contributed by atoms with Gasteiger partial charge in [0.1, 0.15) is 11.9 Å². The van der Waals surface area contributed by atoms with Gasteiger partial charge in [-0.3, -0.25) is 0 Å². The van der Waals surface area contributed by atoms with Crippen molar-refractivity contribution in [1.82, 2.24) is 0 Å². The fourth-order valence-corrected chi connectivity index (χ4v) is 1.08. The molecule has 1 atom stereocenters. The van der Waals surface area contributed by atoms with Gasteiger partial charge in [0.25, 0.3) is 5.92 Å². The summed E-state index contributed by atoms with van der Waals surface area (Å²) in [7, 11) is 0. The summed E-state index contributed by atoms with van der Waals surface area (Å²) in [5, 5.41) is 9.27. The Hall–Kier alpha value is -1.03. The summed E-state index contributed by atoms with van der Waals surface area (Å²) < 4.78 is 38.4. The molecule has 1 unspecified atom stereocenters. The number of alkyl halides is 2. The Morgan fingerprint density at radius 3 is 2.21 bits per heavy atom. The van der Waals surface area contributed by atoms with Crippen molar-refractivity contribution in [1.29, 1.82) is 0 Å². The van der Waals surface area contributed by atoms with E-state index in [1.807, 2.05) is 0 Å². The topological polar surface area (TPSA) is 20.2 Å². The van der Waals surface area contributed by atoms with Crippen LogP contribution in [0.1, 0.15) is 25.0 Å². The second kappa shape index (κ2) is 4.00. The molecule has 0 aliphatic carbocycles. The molecule has 0 aliphatic rings. The summed E-state index contributed by atoms with van der Waals surface area (Å²) in [6.07, 6.45) is -2.32. The van der Waals surface area contributed by atoms with Crippen LogP contribution in [0, 0.1) is 5.82 Å². The smallest absolute Gasteiger partial charge is 0.277 e. The van der Waals surface area contributed by atoms with E-state index in [9.17, 15) is 18.3 Å². The highest BCUT2D eigenvalue weighted by atomic mass is 19.3. The molecule has 0 amide bonds. The van der Waals surface area contributed by atoms with Crippen LogP contribution in [0.2, 0.25) is 0 Å². The lowest BCUT2D eigenvalue weighted by atomic mass is 10.0. The number of aliphatic hydroxyl groups excluding tert-OH is 1. The van der Waals surface area contributed by atoms with E-state index >= 15 is 0 Å². The molecule has 4 heteroatoms. The highest BCUT2D eigenvalue weighted by Crippen LogP contribution is 2.33. The largest absolute Gasteiger partial charge is 0.382 e. The minimum Gasteiger partial charge on any atom is -0.382 e. The molecular weight excluding hydrogens is 193 g/mol. The lowest BCUT2D eigenvalue weighted by molar-refractivity contribution is -0.112. The van der Waals surface area contributed by atoms with Crippen LogP contribution >= 0.6 is 0 Å². The average Bonchev–Trinajstić information content (AvgIpc) is 2.18. The van der Waals surface area contributed by atoms with Crippen molar-refractivity contribution in [2.24, 2.45) is 0 Å². The van der Waals surface area contributed by atoms with Crippen LogP contribution in [0.15, 0.2) is 24.3 Å². The summed E-state index contributed by atoms with van der Waals surface area (Å²) in [4.78, 5) is 0. The molecule has 1 nitrogen and oxygen atoms in total. The van der Waals surface area contributed by atoms with Crippen LogP contribution in [0.3, 0.4) is 0 Å². The van der Waals surface area contributed by atoms with Crippen molar-refractivity contribution in [3.63, 3.8) is 0 Å². The summed E-state index contributed by atoms with van der Waals surface area (Å²) >= 11 is 0. The van der Waals surface area contributed by atoms with E-state index in [4.69, 9.17) is 0 Å². The summed E-state index contributed by atoms with van der Waals surface area (Å²) in [6.45, 7) is 1.28. The number of halogens is 3. The van der Waals surface area contributed by atoms with Crippen molar-refractivity contribution >= 4 is 0 Å². The Bertz CT molecular complexity index is 295. The molecule has 0 aliphatic heterocycles. The fraction of sp³-hybridized carbons (Fsp3) is 0.400. The molecule has 1 rings (SSSR count). The normalized spacial score (nSPS) is 14.1. The van der Waals surface area contributed by atoms with Gasteiger partial charge in [0.05, 0.1) is 0 Å². The Kier molecular flexibility index (Phi) is 3.16. The van der Waals surface area contributed by atoms with Gasteiger partial charge in [-0.05, 0) is 17.7 Å². The van der Waals surface area contributed by atoms with Crippen molar-refractivity contribution in [2.75, 3.05) is 0 Å². The average molecular weight is 204 g/mol. The summed E-state index contributed by atoms with van der Waals surface area (Å²) in [6, 6.07) is 4.40. The predicted molar refractivity (Wildman–Crippen MR) is 46.6 cm³/mol. The first-order chi connectivity index (χ1) is 6.47. The number of aliphatic hydroxyl groups is 1. The maximum absolute atomic E-state index is 13.0. The van der Waals surface area contributed by atoms with Gasteiger partial charge in [-0.25, -0.2) is 13.2 Å². The SMILES string of the molecule is CCC(F)(F)C(O)c1ccc(F)cc1. The molecule has 0 fully saturated rings. The summed E-state index contributed by atoms with van der Waals surface area (Å²) in [5.74, 6) is -3.68. The molecule has 1 N–H and O–H groups in total. The molecule has 0 saturated heterocycles. The Morgan fingerprint density at radius 2 is 1.79 bits per heavy atom. The van der Waals surface area contributed by atoms with Gasteiger partial charge in [-0.1, -0.05) is 19.1 Å². The standard InChI is InChI=1S/C10H11F3O/c1-2-10(12,13)9(14)7-3-5-8(11)6-4-7/h3-6,9,14H,2H2,1H3. The second-order valence-corrected chi connectivity index (χ2v) is 3.07. The van der Waals surface area contributed by atoms with Crippen LogP contribution in [-0.2, 0) is 0 Å². The Balaban J connectivity index is 2.89. The van der Waals surface area contributed by atoms with E-state index in [1.165, 1.54) is 6.92 Å². The molecule has 0 spiro atoms. The molecule has 14 heavy (non-hydrogen) atoms. The quantitative estimate of drug-likeness (QED) is 0.802. The van der Waals surface area contributed by atoms with Gasteiger partial charge in [-0.2, -0.15) is 0 Å². The van der Waals surface area contributed by atoms with E-state index in [-0.39, 0.29) is 5.56 Å². The van der Waals surface area contributed by atoms with Crippen LogP contribution in [0.5, 0.6) is 0 Å². The fourth-order valence-electron chi connectivity index (χ4n) is 1.08. The Labute approximate surface area is 80.2 Å². The second-order valence-electron chi connectivity index (χ2n) is 3.07. The van der Waals surface area contributed by atoms with Crippen molar-refractivity contribution in [3.05, 3.63) is 35.6 Å². The third-order valence-electron chi connectivity index (χ3n) is 2.06. The highest BCUT2D eigenvalue weighted by molar-refractivity contribution is 5.20. The predicted octanol–water partition coefficient (Wildman–Crippen LogP) is 2.90. The van der Waals surface area contributed by atoms with Crippen molar-refractivity contribution < 1.29 is 18.3 Å². The molecule has 0 heterocycles. The van der Waals surface area contributed by atoms with Gasteiger partial charge < -0.3 is 5.11 Å². The van der Waals surface area contributed by atoms with E-state index in [0.29, 0.717) is 0 Å². The van der Waals surface area contributed by atoms with Crippen molar-refractivity contribution in [3.8, 4) is 0 Å². The van der Waals surface area contributed by atoms with Gasteiger partial charge in [-0.15, -0.1) is 0 Å². The number of hydrogen-bond donors (Lipinski definition) is 1. The first-order valence-electron chi connectivity index (χ1n) is 4.28. The van der Waals surface area contributed by atoms with E-state index in [0.717, 1.165) is 24.3 Å². The van der Waals surface area contributed by atoms with Crippen LogP contribution < -0.4 is 0 Å². The van der Waals surface area contributed by atoms with E-state index < -0.39 is 24.3 Å². The monoisotopic (exact) mass is 204 g/mol. The molecular formula is C10H11F3O. The van der Waals surface area contributed by atoms with Crippen molar-refractivity contribution in [2.45, 2.75) is 25.4 Å². The zero-order chi connectivity index (χ0) is 10.8. The maximum atomic E-state index is 13.0. The minimum atomic E-state index is -3.17. The van der Waals surface area contributed by atoms with Crippen LogP contribution in [0.25, 0.3) is 0 Å². The molecule has 0 radical (unpaired) electrons. The minimum absolute atomic E-state index is 0.0262. The molecule has 1 aromatic rings. The first kappa shape index (κ1) is 11.0. The molecule has 78 valence electrons. The lowest BCUT2D eigenvalue weighted by Gasteiger charge is -2.21. The molecule has 1 aromatic carbocycles. The van der Waals surface area contributed by atoms with Gasteiger partial charge in [0.15, 0.2) is 0 Å². The zero-order valence-electron chi connectivity index (χ0n) is 7.67. The first-order valence-corrected chi connectivity index (χ1v) is 4.28. The third kappa shape index (κ3) is 2.26. The number of hydrogen-bond acceptors (Lipinski definition) is 1. The maximum Gasteiger partial charge on any atom is 0.277 e. The van der Waals surface area contributed by atoms with Gasteiger partial charge >= 0.3 is 0 Å². The van der Waals surface area contributed by atoms with E-state index in [1.54, 1.807) is 0 Å². The Morgan fingerprint density at radius 1 is 1.29 bits per heavy atom. The van der Waals surface area contributed by atoms with Crippen LogP contribution in [0.4, 0.5) is 13.2 Å². The van der Waals surface area contributed by atoms with E-state index in [2.05, 4.69) is 0 Å². The van der Waals surface area contributed by atoms with Crippen LogP contribution in [-0.4, -0.2) is 11.0 Å². The molecule has 0 aromatic heterocycles. The van der Waals surface area contributed by atoms with Gasteiger partial charge in [0, 0.05) is 6.42 Å². The lowest BCUT2D eigenvalue weighted by Crippen LogP contribution is -2.25. The number of benzene rings is 1. The molecule has 0 bridgehead atoms.